The second kappa shape index (κ2) is 6.78. The molecule has 0 spiro atoms. The quantitative estimate of drug-likeness (QED) is 0.410. The van der Waals surface area contributed by atoms with Crippen LogP contribution < -0.4 is 0 Å². The van der Waals surface area contributed by atoms with Gasteiger partial charge in [-0.3, -0.25) is 14.3 Å². The van der Waals surface area contributed by atoms with Gasteiger partial charge in [-0.25, -0.2) is 0 Å². The van der Waals surface area contributed by atoms with Gasteiger partial charge in [-0.05, 0) is 51.7 Å². The first-order valence-corrected chi connectivity index (χ1v) is 9.31. The third-order valence-electron chi connectivity index (χ3n) is 5.21. The fraction of sp³-hybridized carbons (Fsp3) is 0.0400. The van der Waals surface area contributed by atoms with E-state index in [0.717, 1.165) is 38.4 Å². The summed E-state index contributed by atoms with van der Waals surface area (Å²) < 4.78 is 1.75. The Labute approximate surface area is 162 Å². The standard InChI is InChI=1S/C25H18N2O/c28-25(27-16-13-19-5-1-2-10-24(19)27)17-20-6-3-9-23-21(7-4-8-22(20)23)18-11-14-26-15-12-18/h1-16H,17H2. The summed E-state index contributed by atoms with van der Waals surface area (Å²) in [6.07, 6.45) is 5.83. The molecule has 0 saturated carbocycles. The summed E-state index contributed by atoms with van der Waals surface area (Å²) in [4.78, 5) is 17.2. The second-order valence-corrected chi connectivity index (χ2v) is 6.87. The molecule has 0 N–H and O–H groups in total. The minimum atomic E-state index is 0.0722. The smallest absolute Gasteiger partial charge is 0.235 e. The predicted octanol–water partition coefficient (Wildman–Crippen LogP) is 5.74. The van der Waals surface area contributed by atoms with Crippen molar-refractivity contribution in [1.82, 2.24) is 9.55 Å². The van der Waals surface area contributed by atoms with Gasteiger partial charge in [0.1, 0.15) is 0 Å². The van der Waals surface area contributed by atoms with Crippen molar-refractivity contribution in [2.24, 2.45) is 0 Å². The van der Waals surface area contributed by atoms with Gasteiger partial charge >= 0.3 is 0 Å². The van der Waals surface area contributed by atoms with E-state index in [0.29, 0.717) is 6.42 Å². The number of rotatable bonds is 3. The fourth-order valence-electron chi connectivity index (χ4n) is 3.86. The zero-order valence-electron chi connectivity index (χ0n) is 15.2. The fourth-order valence-corrected chi connectivity index (χ4v) is 3.86. The van der Waals surface area contributed by atoms with Crippen molar-refractivity contribution in [2.45, 2.75) is 6.42 Å². The lowest BCUT2D eigenvalue weighted by atomic mass is 9.95. The lowest BCUT2D eigenvalue weighted by Gasteiger charge is -2.11. The monoisotopic (exact) mass is 362 g/mol. The number of aromatic nitrogens is 2. The van der Waals surface area contributed by atoms with Gasteiger partial charge < -0.3 is 0 Å². The molecule has 0 unspecified atom stereocenters. The average molecular weight is 362 g/mol. The Morgan fingerprint density at radius 1 is 0.786 bits per heavy atom. The maximum absolute atomic E-state index is 13.0. The van der Waals surface area contributed by atoms with Crippen molar-refractivity contribution in [1.29, 1.82) is 0 Å². The molecule has 0 aliphatic heterocycles. The number of nitrogens with zero attached hydrogens (tertiary/aromatic N) is 2. The van der Waals surface area contributed by atoms with Gasteiger partial charge in [-0.1, -0.05) is 54.6 Å². The maximum atomic E-state index is 13.0. The third kappa shape index (κ3) is 2.78. The Bertz CT molecular complexity index is 1300. The van der Waals surface area contributed by atoms with Crippen molar-refractivity contribution in [3.8, 4) is 11.1 Å². The van der Waals surface area contributed by atoms with E-state index in [-0.39, 0.29) is 5.91 Å². The number of carbonyl (C=O) groups excluding carboxylic acids is 1. The maximum Gasteiger partial charge on any atom is 0.235 e. The van der Waals surface area contributed by atoms with Gasteiger partial charge in [-0.15, -0.1) is 0 Å². The van der Waals surface area contributed by atoms with E-state index in [4.69, 9.17) is 0 Å². The lowest BCUT2D eigenvalue weighted by Crippen LogP contribution is -2.12. The highest BCUT2D eigenvalue weighted by atomic mass is 16.2. The van der Waals surface area contributed by atoms with Gasteiger partial charge in [0.25, 0.3) is 0 Å². The molecular formula is C25H18N2O. The van der Waals surface area contributed by atoms with Crippen LogP contribution in [0.25, 0.3) is 32.8 Å². The number of fused-ring (bicyclic) bond motifs is 2. The average Bonchev–Trinajstić information content (AvgIpc) is 3.18. The van der Waals surface area contributed by atoms with Crippen molar-refractivity contribution < 1.29 is 4.79 Å². The van der Waals surface area contributed by atoms with Crippen LogP contribution in [0, 0.1) is 0 Å². The Balaban J connectivity index is 1.57. The van der Waals surface area contributed by atoms with Crippen LogP contribution in [0.15, 0.2) is 97.5 Å². The summed E-state index contributed by atoms with van der Waals surface area (Å²) >= 11 is 0. The lowest BCUT2D eigenvalue weighted by molar-refractivity contribution is 0.0920. The SMILES string of the molecule is O=C(Cc1cccc2c(-c3ccncc3)cccc12)n1ccc2ccccc21. The highest BCUT2D eigenvalue weighted by Gasteiger charge is 2.13. The first-order chi connectivity index (χ1) is 13.8. The van der Waals surface area contributed by atoms with E-state index in [9.17, 15) is 4.79 Å². The van der Waals surface area contributed by atoms with E-state index in [1.165, 1.54) is 0 Å². The van der Waals surface area contributed by atoms with Crippen molar-refractivity contribution in [3.05, 3.63) is 103 Å². The summed E-state index contributed by atoms with van der Waals surface area (Å²) in [5, 5.41) is 3.34. The zero-order chi connectivity index (χ0) is 18.9. The van der Waals surface area contributed by atoms with Crippen LogP contribution in [0.5, 0.6) is 0 Å². The molecule has 0 radical (unpaired) electrons. The summed E-state index contributed by atoms with van der Waals surface area (Å²) in [5.41, 5.74) is 4.27. The van der Waals surface area contributed by atoms with E-state index in [1.807, 2.05) is 60.8 Å². The van der Waals surface area contributed by atoms with E-state index < -0.39 is 0 Å². The first kappa shape index (κ1) is 16.5. The molecule has 0 aliphatic carbocycles. The molecule has 0 atom stereocenters. The van der Waals surface area contributed by atoms with E-state index in [2.05, 4.69) is 29.2 Å². The molecule has 3 aromatic carbocycles. The van der Waals surface area contributed by atoms with E-state index in [1.54, 1.807) is 17.0 Å². The van der Waals surface area contributed by atoms with Gasteiger partial charge in [0.15, 0.2) is 0 Å². The van der Waals surface area contributed by atoms with Gasteiger partial charge in [0.2, 0.25) is 5.91 Å². The molecule has 5 aromatic rings. The normalized spacial score (nSPS) is 11.1. The number of carbonyl (C=O) groups is 1. The number of pyridine rings is 1. The Morgan fingerprint density at radius 2 is 1.57 bits per heavy atom. The van der Waals surface area contributed by atoms with Crippen LogP contribution in [-0.2, 0) is 6.42 Å². The molecule has 134 valence electrons. The topological polar surface area (TPSA) is 34.9 Å². The van der Waals surface area contributed by atoms with E-state index >= 15 is 0 Å². The minimum Gasteiger partial charge on any atom is -0.287 e. The van der Waals surface area contributed by atoms with Crippen LogP contribution >= 0.6 is 0 Å². The summed E-state index contributed by atoms with van der Waals surface area (Å²) in [5.74, 6) is 0.0722. The molecule has 0 saturated heterocycles. The number of benzene rings is 3. The van der Waals surface area contributed by atoms with Crippen LogP contribution in [-0.4, -0.2) is 15.5 Å². The number of hydrogen-bond acceptors (Lipinski definition) is 2. The molecule has 2 aromatic heterocycles. The second-order valence-electron chi connectivity index (χ2n) is 6.87. The van der Waals surface area contributed by atoms with Crippen molar-refractivity contribution in [3.63, 3.8) is 0 Å². The Kier molecular flexibility index (Phi) is 3.99. The van der Waals surface area contributed by atoms with Crippen LogP contribution in [0.3, 0.4) is 0 Å². The largest absolute Gasteiger partial charge is 0.287 e. The van der Waals surface area contributed by atoms with Crippen LogP contribution in [0.1, 0.15) is 10.4 Å². The molecule has 0 bridgehead atoms. The predicted molar refractivity (Wildman–Crippen MR) is 113 cm³/mol. The molecular weight excluding hydrogens is 344 g/mol. The summed E-state index contributed by atoms with van der Waals surface area (Å²) in [6, 6.07) is 26.4. The number of para-hydroxylation sites is 1. The first-order valence-electron chi connectivity index (χ1n) is 9.31. The Hall–Kier alpha value is -3.72. The summed E-state index contributed by atoms with van der Waals surface area (Å²) in [7, 11) is 0. The van der Waals surface area contributed by atoms with Gasteiger partial charge in [0, 0.05) is 24.0 Å². The summed E-state index contributed by atoms with van der Waals surface area (Å²) in [6.45, 7) is 0. The van der Waals surface area contributed by atoms with Crippen LogP contribution in [0.2, 0.25) is 0 Å². The molecule has 28 heavy (non-hydrogen) atoms. The molecule has 3 nitrogen and oxygen atoms in total. The molecule has 0 amide bonds. The highest BCUT2D eigenvalue weighted by Crippen LogP contribution is 2.30. The third-order valence-corrected chi connectivity index (χ3v) is 5.21. The van der Waals surface area contributed by atoms with Crippen molar-refractivity contribution in [2.75, 3.05) is 0 Å². The zero-order valence-corrected chi connectivity index (χ0v) is 15.2. The molecule has 0 fully saturated rings. The highest BCUT2D eigenvalue weighted by molar-refractivity contribution is 6.01. The minimum absolute atomic E-state index is 0.0722. The van der Waals surface area contributed by atoms with Gasteiger partial charge in [-0.2, -0.15) is 0 Å². The molecule has 2 heterocycles. The van der Waals surface area contributed by atoms with Crippen molar-refractivity contribution >= 4 is 27.6 Å². The Morgan fingerprint density at radius 3 is 2.46 bits per heavy atom. The van der Waals surface area contributed by atoms with Crippen LogP contribution in [0.4, 0.5) is 0 Å². The van der Waals surface area contributed by atoms with Gasteiger partial charge in [0.05, 0.1) is 11.9 Å². The molecule has 3 heteroatoms. The molecule has 0 aliphatic rings. The molecule has 5 rings (SSSR count). The number of hydrogen-bond donors (Lipinski definition) is 0.